The molecule has 2 rings (SSSR count). The van der Waals surface area contributed by atoms with Crippen LogP contribution in [0.5, 0.6) is 0 Å². The van der Waals surface area contributed by atoms with Gasteiger partial charge in [-0.15, -0.1) is 0 Å². The first-order valence-corrected chi connectivity index (χ1v) is 5.31. The molecule has 1 fully saturated rings. The third-order valence-corrected chi connectivity index (χ3v) is 2.77. The van der Waals surface area contributed by atoms with E-state index in [1.807, 2.05) is 0 Å². The van der Waals surface area contributed by atoms with E-state index in [0.717, 1.165) is 0 Å². The summed E-state index contributed by atoms with van der Waals surface area (Å²) >= 11 is 5.87. The number of carbonyl (C=O) groups is 1. The highest BCUT2D eigenvalue weighted by Gasteiger charge is 2.31. The third-order valence-electron chi connectivity index (χ3n) is 2.46. The van der Waals surface area contributed by atoms with Crippen molar-refractivity contribution in [2.45, 2.75) is 6.04 Å². The third kappa shape index (κ3) is 2.32. The van der Waals surface area contributed by atoms with Crippen LogP contribution < -0.4 is 11.1 Å². The second-order valence-corrected chi connectivity index (χ2v) is 4.04. The number of pyridine rings is 1. The zero-order valence-corrected chi connectivity index (χ0v) is 9.28. The average Bonchev–Trinajstić information content (AvgIpc) is 2.68. The largest absolute Gasteiger partial charge is 0.379 e. The Labute approximate surface area is 97.9 Å². The SMILES string of the molecule is NC1COCC1C(=O)Nc1ncccc1Cl. The van der Waals surface area contributed by atoms with Crippen molar-refractivity contribution >= 4 is 23.3 Å². The van der Waals surface area contributed by atoms with Crippen LogP contribution in [0.15, 0.2) is 18.3 Å². The maximum atomic E-state index is 11.8. The first kappa shape index (κ1) is 11.3. The van der Waals surface area contributed by atoms with Gasteiger partial charge in [-0.25, -0.2) is 4.98 Å². The molecule has 0 aliphatic carbocycles. The quantitative estimate of drug-likeness (QED) is 0.797. The smallest absolute Gasteiger partial charge is 0.232 e. The number of ether oxygens (including phenoxy) is 1. The molecule has 1 aliphatic heterocycles. The Kier molecular flexibility index (Phi) is 3.38. The van der Waals surface area contributed by atoms with Gasteiger partial charge in [0.25, 0.3) is 0 Å². The molecule has 0 spiro atoms. The molecule has 0 saturated carbocycles. The standard InChI is InChI=1S/C10H12ClN3O2/c11-7-2-1-3-13-9(7)14-10(15)6-4-16-5-8(6)12/h1-3,6,8H,4-5,12H2,(H,13,14,15). The van der Waals surface area contributed by atoms with Crippen molar-refractivity contribution in [1.82, 2.24) is 4.98 Å². The maximum Gasteiger partial charge on any atom is 0.232 e. The molecule has 0 aromatic carbocycles. The van der Waals surface area contributed by atoms with Crippen molar-refractivity contribution < 1.29 is 9.53 Å². The molecule has 3 N–H and O–H groups in total. The van der Waals surface area contributed by atoms with E-state index in [-0.39, 0.29) is 17.9 Å². The van der Waals surface area contributed by atoms with E-state index in [0.29, 0.717) is 24.1 Å². The Bertz CT molecular complexity index is 399. The molecule has 6 heteroatoms. The summed E-state index contributed by atoms with van der Waals surface area (Å²) in [6.45, 7) is 0.755. The second-order valence-electron chi connectivity index (χ2n) is 3.63. The number of carbonyl (C=O) groups excluding carboxylic acids is 1. The van der Waals surface area contributed by atoms with E-state index in [4.69, 9.17) is 22.1 Å². The normalized spacial score (nSPS) is 24.4. The van der Waals surface area contributed by atoms with Crippen LogP contribution in [0, 0.1) is 5.92 Å². The van der Waals surface area contributed by atoms with Gasteiger partial charge in [-0.1, -0.05) is 11.6 Å². The molecular formula is C10H12ClN3O2. The fourth-order valence-corrected chi connectivity index (χ4v) is 1.70. The van der Waals surface area contributed by atoms with Crippen molar-refractivity contribution in [3.63, 3.8) is 0 Å². The number of nitrogens with zero attached hydrogens (tertiary/aromatic N) is 1. The lowest BCUT2D eigenvalue weighted by atomic mass is 10.0. The van der Waals surface area contributed by atoms with Crippen molar-refractivity contribution in [3.8, 4) is 0 Å². The maximum absolute atomic E-state index is 11.8. The van der Waals surface area contributed by atoms with E-state index >= 15 is 0 Å². The first-order chi connectivity index (χ1) is 7.68. The summed E-state index contributed by atoms with van der Waals surface area (Å²) in [5.74, 6) is -0.183. The van der Waals surface area contributed by atoms with Crippen molar-refractivity contribution in [3.05, 3.63) is 23.4 Å². The van der Waals surface area contributed by atoms with Crippen LogP contribution in [-0.2, 0) is 9.53 Å². The molecule has 16 heavy (non-hydrogen) atoms. The summed E-state index contributed by atoms with van der Waals surface area (Å²) < 4.78 is 5.12. The van der Waals surface area contributed by atoms with Crippen LogP contribution in [0.3, 0.4) is 0 Å². The lowest BCUT2D eigenvalue weighted by Crippen LogP contribution is -2.37. The topological polar surface area (TPSA) is 77.2 Å². The highest BCUT2D eigenvalue weighted by atomic mass is 35.5. The molecule has 1 aromatic rings. The predicted molar refractivity (Wildman–Crippen MR) is 60.2 cm³/mol. The molecule has 1 amide bonds. The number of halogens is 1. The van der Waals surface area contributed by atoms with Gasteiger partial charge in [0, 0.05) is 12.2 Å². The van der Waals surface area contributed by atoms with Crippen LogP contribution in [0.2, 0.25) is 5.02 Å². The van der Waals surface area contributed by atoms with Crippen LogP contribution in [-0.4, -0.2) is 30.1 Å². The van der Waals surface area contributed by atoms with E-state index in [1.54, 1.807) is 18.3 Å². The molecule has 0 radical (unpaired) electrons. The van der Waals surface area contributed by atoms with E-state index in [9.17, 15) is 4.79 Å². The van der Waals surface area contributed by atoms with Gasteiger partial charge in [0.15, 0.2) is 5.82 Å². The molecule has 2 unspecified atom stereocenters. The highest BCUT2D eigenvalue weighted by molar-refractivity contribution is 6.33. The summed E-state index contributed by atoms with van der Waals surface area (Å²) in [5, 5.41) is 3.05. The summed E-state index contributed by atoms with van der Waals surface area (Å²) in [7, 11) is 0. The summed E-state index contributed by atoms with van der Waals surface area (Å²) in [4.78, 5) is 15.8. The fourth-order valence-electron chi connectivity index (χ4n) is 1.53. The van der Waals surface area contributed by atoms with Crippen molar-refractivity contribution in [2.24, 2.45) is 11.7 Å². The van der Waals surface area contributed by atoms with Crippen LogP contribution in [0.25, 0.3) is 0 Å². The second kappa shape index (κ2) is 4.78. The van der Waals surface area contributed by atoms with Crippen molar-refractivity contribution in [1.29, 1.82) is 0 Å². The zero-order chi connectivity index (χ0) is 11.5. The van der Waals surface area contributed by atoms with Gasteiger partial charge in [0.1, 0.15) is 0 Å². The van der Waals surface area contributed by atoms with Crippen LogP contribution in [0.1, 0.15) is 0 Å². The molecule has 1 saturated heterocycles. The number of hydrogen-bond acceptors (Lipinski definition) is 4. The summed E-state index contributed by atoms with van der Waals surface area (Å²) in [6, 6.07) is 3.10. The van der Waals surface area contributed by atoms with E-state index in [2.05, 4.69) is 10.3 Å². The molecule has 1 aromatic heterocycles. The molecule has 0 bridgehead atoms. The average molecular weight is 242 g/mol. The van der Waals surface area contributed by atoms with Crippen molar-refractivity contribution in [2.75, 3.05) is 18.5 Å². The van der Waals surface area contributed by atoms with Crippen LogP contribution >= 0.6 is 11.6 Å². The molecule has 1 aliphatic rings. The van der Waals surface area contributed by atoms with E-state index < -0.39 is 0 Å². The van der Waals surface area contributed by atoms with Gasteiger partial charge in [0.2, 0.25) is 5.91 Å². The van der Waals surface area contributed by atoms with Gasteiger partial charge in [0.05, 0.1) is 24.2 Å². The van der Waals surface area contributed by atoms with Gasteiger partial charge < -0.3 is 15.8 Å². The lowest BCUT2D eigenvalue weighted by Gasteiger charge is -2.13. The molecule has 2 heterocycles. The highest BCUT2D eigenvalue weighted by Crippen LogP contribution is 2.20. The number of nitrogens with two attached hydrogens (primary N) is 1. The molecule has 5 nitrogen and oxygen atoms in total. The van der Waals surface area contributed by atoms with E-state index in [1.165, 1.54) is 0 Å². The van der Waals surface area contributed by atoms with Gasteiger partial charge in [-0.3, -0.25) is 4.79 Å². The molecular weight excluding hydrogens is 230 g/mol. The Hall–Kier alpha value is -1.17. The van der Waals surface area contributed by atoms with Gasteiger partial charge in [-0.05, 0) is 12.1 Å². The van der Waals surface area contributed by atoms with Gasteiger partial charge >= 0.3 is 0 Å². The number of aromatic nitrogens is 1. The summed E-state index contributed by atoms with van der Waals surface area (Å²) in [5.41, 5.74) is 5.73. The summed E-state index contributed by atoms with van der Waals surface area (Å²) in [6.07, 6.45) is 1.56. The Morgan fingerprint density at radius 1 is 1.62 bits per heavy atom. The fraction of sp³-hybridized carbons (Fsp3) is 0.400. The number of rotatable bonds is 2. The minimum atomic E-state index is -0.335. The Balaban J connectivity index is 2.05. The zero-order valence-electron chi connectivity index (χ0n) is 8.52. The van der Waals surface area contributed by atoms with Gasteiger partial charge in [-0.2, -0.15) is 0 Å². The number of nitrogens with one attached hydrogen (secondary N) is 1. The monoisotopic (exact) mass is 241 g/mol. The lowest BCUT2D eigenvalue weighted by molar-refractivity contribution is -0.120. The number of anilines is 1. The van der Waals surface area contributed by atoms with Crippen LogP contribution in [0.4, 0.5) is 5.82 Å². The Morgan fingerprint density at radius 3 is 3.06 bits per heavy atom. The minimum absolute atomic E-state index is 0.203. The molecule has 86 valence electrons. The predicted octanol–water partition coefficient (Wildman–Crippen LogP) is 0.647. The minimum Gasteiger partial charge on any atom is -0.379 e. The Morgan fingerprint density at radius 2 is 2.44 bits per heavy atom. The number of amides is 1. The molecule has 2 atom stereocenters. The first-order valence-electron chi connectivity index (χ1n) is 4.93. The number of hydrogen-bond donors (Lipinski definition) is 2.